The summed E-state index contributed by atoms with van der Waals surface area (Å²) in [5.41, 5.74) is 0.649. The van der Waals surface area contributed by atoms with Gasteiger partial charge in [-0.1, -0.05) is 0 Å². The number of aryl methyl sites for hydroxylation is 1. The number of nitrogens with zero attached hydrogens (tertiary/aromatic N) is 5. The minimum atomic E-state index is -2.70. The number of carbonyl (C=O) groups excluding carboxylic acids is 2. The number of anilines is 3. The van der Waals surface area contributed by atoms with Crippen LogP contribution in [0.4, 0.5) is 17.3 Å². The van der Waals surface area contributed by atoms with Crippen molar-refractivity contribution in [3.8, 4) is 17.1 Å². The molecular weight excluding hydrogens is 400 g/mol. The van der Waals surface area contributed by atoms with Gasteiger partial charge in [0.15, 0.2) is 17.4 Å². The lowest BCUT2D eigenvalue weighted by molar-refractivity contribution is -0.117. The molecule has 3 aromatic rings. The zero-order chi connectivity index (χ0) is 24.5. The Labute approximate surface area is 182 Å². The molecule has 1 fully saturated rings. The first kappa shape index (κ1) is 16.7. The molecule has 11 nitrogen and oxygen atoms in total. The minimum absolute atomic E-state index is 0.0546. The van der Waals surface area contributed by atoms with Crippen LogP contribution in [-0.2, 0) is 11.8 Å². The zero-order valence-electron chi connectivity index (χ0n) is 19.8. The first-order chi connectivity index (χ1) is 16.1. The van der Waals surface area contributed by atoms with Gasteiger partial charge in [-0.15, -0.1) is 0 Å². The fraction of sp³-hybridized carbons (Fsp3) is 0.300. The average Bonchev–Trinajstić information content (AvgIpc) is 3.53. The molecule has 0 aromatic carbocycles. The molecule has 3 heterocycles. The van der Waals surface area contributed by atoms with Crippen molar-refractivity contribution in [3.05, 3.63) is 36.4 Å². The first-order valence-corrected chi connectivity index (χ1v) is 9.44. The quantitative estimate of drug-likeness (QED) is 0.521. The lowest BCUT2D eigenvalue weighted by Gasteiger charge is -2.15. The van der Waals surface area contributed by atoms with Crippen molar-refractivity contribution < 1.29 is 18.4 Å². The summed E-state index contributed by atoms with van der Waals surface area (Å²) in [7, 11) is 3.18. The molecule has 2 amide bonds. The predicted molar refractivity (Wildman–Crippen MR) is 113 cm³/mol. The monoisotopic (exact) mass is 425 g/mol. The standard InChI is InChI=1S/C20H22N8O3/c1-21-20(30)13-9-23-15(26-19(29)11-4-5-11)8-14(13)25-18-16(31-3)12(6-7-22-18)17-24-10-28(2)27-17/h6-11H,4-5H2,1-3H3,(H,21,30)(H2,22,23,25,26,29)/i1D3. The summed E-state index contributed by atoms with van der Waals surface area (Å²) in [6.07, 6.45) is 5.85. The topological polar surface area (TPSA) is 136 Å². The summed E-state index contributed by atoms with van der Waals surface area (Å²) in [6.45, 7) is -2.70. The smallest absolute Gasteiger partial charge is 0.254 e. The van der Waals surface area contributed by atoms with Gasteiger partial charge in [-0.25, -0.2) is 15.0 Å². The number of aromatic nitrogens is 5. The lowest BCUT2D eigenvalue weighted by Crippen LogP contribution is -2.20. The second-order valence-corrected chi connectivity index (χ2v) is 6.94. The van der Waals surface area contributed by atoms with Gasteiger partial charge in [-0.3, -0.25) is 14.3 Å². The molecule has 0 radical (unpaired) electrons. The van der Waals surface area contributed by atoms with Gasteiger partial charge in [-0.05, 0) is 18.9 Å². The summed E-state index contributed by atoms with van der Waals surface area (Å²) in [5, 5.41) is 11.9. The Kier molecular flexibility index (Phi) is 4.53. The molecule has 0 spiro atoms. The van der Waals surface area contributed by atoms with Crippen molar-refractivity contribution in [2.24, 2.45) is 13.0 Å². The third-order valence-electron chi connectivity index (χ3n) is 4.66. The van der Waals surface area contributed by atoms with E-state index in [9.17, 15) is 9.59 Å². The molecule has 3 N–H and O–H groups in total. The molecule has 1 saturated carbocycles. The maximum Gasteiger partial charge on any atom is 0.254 e. The van der Waals surface area contributed by atoms with Gasteiger partial charge in [0.25, 0.3) is 5.91 Å². The molecule has 31 heavy (non-hydrogen) atoms. The highest BCUT2D eigenvalue weighted by Crippen LogP contribution is 2.36. The van der Waals surface area contributed by atoms with Gasteiger partial charge in [0.05, 0.1) is 23.9 Å². The Balaban J connectivity index is 1.72. The van der Waals surface area contributed by atoms with Gasteiger partial charge in [0.2, 0.25) is 5.91 Å². The van der Waals surface area contributed by atoms with E-state index in [1.54, 1.807) is 13.1 Å². The Bertz CT molecular complexity index is 1240. The van der Waals surface area contributed by atoms with Crippen LogP contribution >= 0.6 is 0 Å². The minimum Gasteiger partial charge on any atom is -0.492 e. The highest BCUT2D eigenvalue weighted by Gasteiger charge is 2.30. The van der Waals surface area contributed by atoms with Crippen LogP contribution in [0.2, 0.25) is 0 Å². The predicted octanol–water partition coefficient (Wildman–Crippen LogP) is 1.73. The molecule has 3 aromatic heterocycles. The maximum atomic E-state index is 12.7. The second kappa shape index (κ2) is 8.38. The van der Waals surface area contributed by atoms with E-state index in [1.807, 2.05) is 5.32 Å². The number of hydrogen-bond acceptors (Lipinski definition) is 8. The number of ether oxygens (including phenoxy) is 1. The largest absolute Gasteiger partial charge is 0.492 e. The van der Waals surface area contributed by atoms with Gasteiger partial charge >= 0.3 is 0 Å². The van der Waals surface area contributed by atoms with Crippen molar-refractivity contribution in [2.75, 3.05) is 24.7 Å². The summed E-state index contributed by atoms with van der Waals surface area (Å²) in [4.78, 5) is 37.5. The molecular formula is C20H22N8O3. The fourth-order valence-corrected chi connectivity index (χ4v) is 2.96. The molecule has 1 aliphatic rings. The fourth-order valence-electron chi connectivity index (χ4n) is 2.96. The normalized spacial score (nSPS) is 14.7. The van der Waals surface area contributed by atoms with Gasteiger partial charge in [-0.2, -0.15) is 5.10 Å². The molecule has 0 saturated heterocycles. The number of carbonyl (C=O) groups is 2. The number of methoxy groups -OCH3 is 1. The average molecular weight is 425 g/mol. The molecule has 4 rings (SSSR count). The van der Waals surface area contributed by atoms with Crippen LogP contribution in [0.5, 0.6) is 5.75 Å². The van der Waals surface area contributed by atoms with Crippen LogP contribution < -0.4 is 20.7 Å². The molecule has 1 aliphatic carbocycles. The van der Waals surface area contributed by atoms with Crippen LogP contribution in [0.1, 0.15) is 27.3 Å². The first-order valence-electron chi connectivity index (χ1n) is 10.9. The molecule has 0 unspecified atom stereocenters. The number of pyridine rings is 2. The van der Waals surface area contributed by atoms with Crippen molar-refractivity contribution >= 4 is 29.1 Å². The van der Waals surface area contributed by atoms with Crippen LogP contribution in [0, 0.1) is 5.92 Å². The van der Waals surface area contributed by atoms with Crippen molar-refractivity contribution in [2.45, 2.75) is 12.8 Å². The zero-order valence-corrected chi connectivity index (χ0v) is 16.8. The summed E-state index contributed by atoms with van der Waals surface area (Å²) >= 11 is 0. The summed E-state index contributed by atoms with van der Waals surface area (Å²) in [6, 6.07) is 3.11. The summed E-state index contributed by atoms with van der Waals surface area (Å²) < 4.78 is 29.1. The Morgan fingerprint density at radius 2 is 2.13 bits per heavy atom. The number of nitrogens with one attached hydrogen (secondary N) is 3. The van der Waals surface area contributed by atoms with Crippen molar-refractivity contribution in [3.63, 3.8) is 0 Å². The second-order valence-electron chi connectivity index (χ2n) is 6.94. The highest BCUT2D eigenvalue weighted by atomic mass is 16.5. The molecule has 0 atom stereocenters. The Morgan fingerprint density at radius 3 is 2.81 bits per heavy atom. The summed E-state index contributed by atoms with van der Waals surface area (Å²) in [5.74, 6) is 0.0238. The van der Waals surface area contributed by atoms with Gasteiger partial charge < -0.3 is 20.7 Å². The molecule has 0 aliphatic heterocycles. The van der Waals surface area contributed by atoms with Gasteiger partial charge in [0.1, 0.15) is 12.1 Å². The van der Waals surface area contributed by atoms with E-state index >= 15 is 0 Å². The van der Waals surface area contributed by atoms with E-state index in [-0.39, 0.29) is 34.7 Å². The lowest BCUT2D eigenvalue weighted by atomic mass is 10.2. The van der Waals surface area contributed by atoms with E-state index in [0.29, 0.717) is 17.1 Å². The highest BCUT2D eigenvalue weighted by molar-refractivity contribution is 6.01. The number of amides is 2. The van der Waals surface area contributed by atoms with Crippen LogP contribution in [0.25, 0.3) is 11.4 Å². The van der Waals surface area contributed by atoms with E-state index < -0.39 is 12.9 Å². The van der Waals surface area contributed by atoms with Crippen LogP contribution in [-0.4, -0.2) is 50.6 Å². The Morgan fingerprint density at radius 1 is 1.29 bits per heavy atom. The van der Waals surface area contributed by atoms with Crippen molar-refractivity contribution in [1.29, 1.82) is 0 Å². The van der Waals surface area contributed by atoms with Crippen LogP contribution in [0.15, 0.2) is 30.9 Å². The van der Waals surface area contributed by atoms with Gasteiger partial charge in [0, 0.05) is 42.5 Å². The SMILES string of the molecule is [2H]C([2H])([2H])NC(=O)c1cnc(NC(=O)C2CC2)cc1Nc1nccc(-c2ncn(C)n2)c1OC. The van der Waals surface area contributed by atoms with E-state index in [0.717, 1.165) is 12.8 Å². The molecule has 0 bridgehead atoms. The number of hydrogen-bond donors (Lipinski definition) is 3. The van der Waals surface area contributed by atoms with E-state index in [4.69, 9.17) is 8.85 Å². The van der Waals surface area contributed by atoms with Crippen molar-refractivity contribution in [1.82, 2.24) is 30.0 Å². The third-order valence-corrected chi connectivity index (χ3v) is 4.66. The molecule has 11 heteroatoms. The maximum absolute atomic E-state index is 12.7. The number of rotatable bonds is 7. The van der Waals surface area contributed by atoms with Crippen LogP contribution in [0.3, 0.4) is 0 Å². The molecule has 160 valence electrons. The van der Waals surface area contributed by atoms with E-state index in [2.05, 4.69) is 30.7 Å². The third kappa shape index (κ3) is 4.29. The van der Waals surface area contributed by atoms with E-state index in [1.165, 1.54) is 36.6 Å². The Hall–Kier alpha value is -4.02.